The molecule has 0 aliphatic rings. The van der Waals surface area contributed by atoms with E-state index < -0.39 is 6.10 Å². The molecule has 3 heteroatoms. The van der Waals surface area contributed by atoms with Gasteiger partial charge in [0.05, 0.1) is 5.92 Å². The molecular formula is C16H22O3. The lowest BCUT2D eigenvalue weighted by Crippen LogP contribution is -2.33. The average molecular weight is 262 g/mol. The molecule has 0 saturated carbocycles. The van der Waals surface area contributed by atoms with Crippen molar-refractivity contribution in [3.05, 3.63) is 35.9 Å². The van der Waals surface area contributed by atoms with E-state index >= 15 is 0 Å². The van der Waals surface area contributed by atoms with Crippen LogP contribution < -0.4 is 0 Å². The molecule has 0 spiro atoms. The SMILES string of the molecule is CC(C)C(=O)OC(Cc1ccccc1)C(=O)C(C)C. The largest absolute Gasteiger partial charge is 0.454 e. The fraction of sp³-hybridized carbons (Fsp3) is 0.500. The Bertz CT molecular complexity index is 421. The van der Waals surface area contributed by atoms with Gasteiger partial charge in [-0.15, -0.1) is 0 Å². The number of benzene rings is 1. The lowest BCUT2D eigenvalue weighted by molar-refractivity contribution is -0.159. The predicted molar refractivity (Wildman–Crippen MR) is 74.7 cm³/mol. The number of carbonyl (C=O) groups is 2. The Morgan fingerprint density at radius 1 is 1.00 bits per heavy atom. The zero-order valence-corrected chi connectivity index (χ0v) is 12.1. The number of hydrogen-bond donors (Lipinski definition) is 0. The Hall–Kier alpha value is -1.64. The van der Waals surface area contributed by atoms with E-state index in [2.05, 4.69) is 0 Å². The highest BCUT2D eigenvalue weighted by Crippen LogP contribution is 2.13. The van der Waals surface area contributed by atoms with Crippen LogP contribution in [-0.4, -0.2) is 17.9 Å². The molecular weight excluding hydrogens is 240 g/mol. The number of hydrogen-bond acceptors (Lipinski definition) is 3. The van der Waals surface area contributed by atoms with Crippen molar-refractivity contribution in [1.29, 1.82) is 0 Å². The van der Waals surface area contributed by atoms with Crippen LogP contribution in [0.25, 0.3) is 0 Å². The lowest BCUT2D eigenvalue weighted by Gasteiger charge is -2.20. The second-order valence-corrected chi connectivity index (χ2v) is 5.33. The molecule has 0 radical (unpaired) electrons. The van der Waals surface area contributed by atoms with Crippen LogP contribution in [0.2, 0.25) is 0 Å². The quantitative estimate of drug-likeness (QED) is 0.740. The van der Waals surface area contributed by atoms with Crippen molar-refractivity contribution in [2.45, 2.75) is 40.2 Å². The molecule has 1 rings (SSSR count). The van der Waals surface area contributed by atoms with Gasteiger partial charge in [-0.05, 0) is 5.56 Å². The van der Waals surface area contributed by atoms with E-state index in [0.29, 0.717) is 6.42 Å². The highest BCUT2D eigenvalue weighted by Gasteiger charge is 2.26. The molecule has 3 nitrogen and oxygen atoms in total. The van der Waals surface area contributed by atoms with Gasteiger partial charge in [0, 0.05) is 12.3 Å². The smallest absolute Gasteiger partial charge is 0.309 e. The van der Waals surface area contributed by atoms with Gasteiger partial charge < -0.3 is 4.74 Å². The third kappa shape index (κ3) is 4.86. The first kappa shape index (κ1) is 15.4. The van der Waals surface area contributed by atoms with Crippen LogP contribution in [0.3, 0.4) is 0 Å². The van der Waals surface area contributed by atoms with E-state index in [0.717, 1.165) is 5.56 Å². The van der Waals surface area contributed by atoms with E-state index in [1.807, 2.05) is 44.2 Å². The number of rotatable bonds is 6. The second kappa shape index (κ2) is 7.07. The third-order valence-electron chi connectivity index (χ3n) is 2.88. The first-order valence-corrected chi connectivity index (χ1v) is 6.70. The van der Waals surface area contributed by atoms with Crippen molar-refractivity contribution >= 4 is 11.8 Å². The van der Waals surface area contributed by atoms with Gasteiger partial charge >= 0.3 is 5.97 Å². The first-order valence-electron chi connectivity index (χ1n) is 6.70. The summed E-state index contributed by atoms with van der Waals surface area (Å²) >= 11 is 0. The molecule has 104 valence electrons. The minimum Gasteiger partial charge on any atom is -0.454 e. The van der Waals surface area contributed by atoms with Crippen molar-refractivity contribution in [2.24, 2.45) is 11.8 Å². The second-order valence-electron chi connectivity index (χ2n) is 5.33. The number of Topliss-reactive ketones (excluding diaryl/α,β-unsaturated/α-hetero) is 1. The van der Waals surface area contributed by atoms with E-state index in [-0.39, 0.29) is 23.6 Å². The summed E-state index contributed by atoms with van der Waals surface area (Å²) in [7, 11) is 0. The summed E-state index contributed by atoms with van der Waals surface area (Å²) in [5.41, 5.74) is 0.998. The van der Waals surface area contributed by atoms with E-state index in [1.54, 1.807) is 13.8 Å². The van der Waals surface area contributed by atoms with Gasteiger partial charge in [-0.2, -0.15) is 0 Å². The predicted octanol–water partition coefficient (Wildman–Crippen LogP) is 3.02. The average Bonchev–Trinajstić information content (AvgIpc) is 2.37. The van der Waals surface area contributed by atoms with Gasteiger partial charge in [0.2, 0.25) is 0 Å². The Labute approximate surface area is 115 Å². The van der Waals surface area contributed by atoms with Crippen LogP contribution in [0, 0.1) is 11.8 Å². The number of esters is 1. The van der Waals surface area contributed by atoms with Crippen LogP contribution in [0.4, 0.5) is 0 Å². The van der Waals surface area contributed by atoms with E-state index in [1.165, 1.54) is 0 Å². The maximum atomic E-state index is 12.1. The fourth-order valence-corrected chi connectivity index (χ4v) is 1.68. The van der Waals surface area contributed by atoms with Gasteiger partial charge in [0.1, 0.15) is 0 Å². The van der Waals surface area contributed by atoms with Crippen molar-refractivity contribution in [3.8, 4) is 0 Å². The van der Waals surface area contributed by atoms with E-state index in [4.69, 9.17) is 4.74 Å². The number of ketones is 1. The summed E-state index contributed by atoms with van der Waals surface area (Å²) in [5, 5.41) is 0. The van der Waals surface area contributed by atoms with Crippen molar-refractivity contribution in [3.63, 3.8) is 0 Å². The summed E-state index contributed by atoms with van der Waals surface area (Å²) in [4.78, 5) is 23.8. The molecule has 1 unspecified atom stereocenters. The summed E-state index contributed by atoms with van der Waals surface area (Å²) in [5.74, 6) is -0.723. The van der Waals surface area contributed by atoms with Gasteiger partial charge in [-0.25, -0.2) is 0 Å². The summed E-state index contributed by atoms with van der Waals surface area (Å²) in [6, 6.07) is 9.61. The van der Waals surface area contributed by atoms with Crippen LogP contribution in [0.15, 0.2) is 30.3 Å². The molecule has 1 atom stereocenters. The molecule has 1 aromatic carbocycles. The van der Waals surface area contributed by atoms with Crippen LogP contribution in [-0.2, 0) is 20.7 Å². The zero-order valence-electron chi connectivity index (χ0n) is 12.1. The lowest BCUT2D eigenvalue weighted by atomic mass is 9.98. The minimum absolute atomic E-state index is 0.0298. The molecule has 19 heavy (non-hydrogen) atoms. The topological polar surface area (TPSA) is 43.4 Å². The van der Waals surface area contributed by atoms with E-state index in [9.17, 15) is 9.59 Å². The van der Waals surface area contributed by atoms with Gasteiger partial charge in [-0.1, -0.05) is 58.0 Å². The van der Waals surface area contributed by atoms with Crippen molar-refractivity contribution in [1.82, 2.24) is 0 Å². The summed E-state index contributed by atoms with van der Waals surface area (Å²) in [6.07, 6.45) is -0.242. The van der Waals surface area contributed by atoms with Gasteiger partial charge in [-0.3, -0.25) is 9.59 Å². The van der Waals surface area contributed by atoms with Crippen LogP contribution in [0.5, 0.6) is 0 Å². The minimum atomic E-state index is -0.683. The molecule has 0 amide bonds. The molecule has 0 bridgehead atoms. The maximum Gasteiger partial charge on any atom is 0.309 e. The Kier molecular flexibility index (Phi) is 5.74. The van der Waals surface area contributed by atoms with Crippen LogP contribution in [0.1, 0.15) is 33.3 Å². The van der Waals surface area contributed by atoms with Gasteiger partial charge in [0.15, 0.2) is 11.9 Å². The summed E-state index contributed by atoms with van der Waals surface area (Å²) in [6.45, 7) is 7.18. The molecule has 0 aromatic heterocycles. The molecule has 0 fully saturated rings. The molecule has 0 N–H and O–H groups in total. The number of ether oxygens (including phenoxy) is 1. The monoisotopic (exact) mass is 262 g/mol. The Morgan fingerprint density at radius 2 is 1.58 bits per heavy atom. The Balaban J connectivity index is 2.81. The fourth-order valence-electron chi connectivity index (χ4n) is 1.68. The van der Waals surface area contributed by atoms with Crippen molar-refractivity contribution < 1.29 is 14.3 Å². The highest BCUT2D eigenvalue weighted by molar-refractivity contribution is 5.87. The zero-order chi connectivity index (χ0) is 14.4. The third-order valence-corrected chi connectivity index (χ3v) is 2.88. The first-order chi connectivity index (χ1) is 8.91. The molecule has 0 saturated heterocycles. The molecule has 1 aromatic rings. The molecule has 0 heterocycles. The van der Waals surface area contributed by atoms with Gasteiger partial charge in [0.25, 0.3) is 0 Å². The van der Waals surface area contributed by atoms with Crippen LogP contribution >= 0.6 is 0 Å². The highest BCUT2D eigenvalue weighted by atomic mass is 16.5. The number of carbonyl (C=O) groups excluding carboxylic acids is 2. The molecule has 0 aliphatic carbocycles. The standard InChI is InChI=1S/C16H22O3/c1-11(2)15(17)14(19-16(18)12(3)4)10-13-8-6-5-7-9-13/h5-9,11-12,14H,10H2,1-4H3. The maximum absolute atomic E-state index is 12.1. The Morgan fingerprint density at radius 3 is 2.05 bits per heavy atom. The summed E-state index contributed by atoms with van der Waals surface area (Å²) < 4.78 is 5.35. The normalized spacial score (nSPS) is 12.5. The van der Waals surface area contributed by atoms with Crippen molar-refractivity contribution in [2.75, 3.05) is 0 Å². The molecule has 0 aliphatic heterocycles.